The Labute approximate surface area is 128 Å². The maximum Gasteiger partial charge on any atom is 0.471 e. The topological polar surface area (TPSA) is 42.4 Å². The van der Waals surface area contributed by atoms with Gasteiger partial charge >= 0.3 is 12.1 Å². The molecule has 0 saturated heterocycles. The zero-order valence-electron chi connectivity index (χ0n) is 11.5. The predicted molar refractivity (Wildman–Crippen MR) is 73.2 cm³/mol. The molecule has 0 aliphatic carbocycles. The van der Waals surface area contributed by atoms with Gasteiger partial charge in [-0.15, -0.1) is 0 Å². The number of halogens is 4. The van der Waals surface area contributed by atoms with Crippen molar-refractivity contribution in [2.24, 2.45) is 0 Å². The van der Waals surface area contributed by atoms with Crippen LogP contribution >= 0.6 is 15.9 Å². The van der Waals surface area contributed by atoms with Crippen LogP contribution in [-0.4, -0.2) is 42.2 Å². The molecule has 1 unspecified atom stereocenters. The highest BCUT2D eigenvalue weighted by Crippen LogP contribution is 2.32. The average Bonchev–Trinajstić information content (AvgIpc) is 2.56. The molecule has 1 amide bonds. The lowest BCUT2D eigenvalue weighted by molar-refractivity contribution is -0.185. The number of amides is 1. The number of pyridine rings is 1. The lowest BCUT2D eigenvalue weighted by Gasteiger charge is -2.23. The lowest BCUT2D eigenvalue weighted by atomic mass is 9.99. The van der Waals surface area contributed by atoms with Gasteiger partial charge in [-0.2, -0.15) is 13.2 Å². The van der Waals surface area contributed by atoms with Crippen LogP contribution in [-0.2, 0) is 11.2 Å². The van der Waals surface area contributed by atoms with Crippen LogP contribution in [0.25, 0.3) is 0 Å². The summed E-state index contributed by atoms with van der Waals surface area (Å²) < 4.78 is 43.5. The van der Waals surface area contributed by atoms with Crippen molar-refractivity contribution in [3.05, 3.63) is 21.8 Å². The molecule has 1 aliphatic heterocycles. The number of alkyl halides is 3. The summed E-state index contributed by atoms with van der Waals surface area (Å²) in [6.45, 7) is 1.79. The van der Waals surface area contributed by atoms with Crippen LogP contribution in [0.2, 0.25) is 0 Å². The van der Waals surface area contributed by atoms with Gasteiger partial charge in [-0.1, -0.05) is 6.92 Å². The number of fused-ring (bicyclic) bond motifs is 1. The zero-order valence-corrected chi connectivity index (χ0v) is 13.1. The Morgan fingerprint density at radius 2 is 2.19 bits per heavy atom. The molecule has 0 spiro atoms. The highest BCUT2D eigenvalue weighted by molar-refractivity contribution is 9.10. The van der Waals surface area contributed by atoms with E-state index >= 15 is 0 Å². The Hall–Kier alpha value is -1.31. The molecular formula is C13H14BrF3N2O2. The molecule has 1 atom stereocenters. The molecule has 21 heavy (non-hydrogen) atoms. The second-order valence-corrected chi connectivity index (χ2v) is 5.77. The minimum absolute atomic E-state index is 0.00648. The molecule has 2 heterocycles. The molecule has 1 aromatic rings. The second-order valence-electron chi connectivity index (χ2n) is 4.92. The van der Waals surface area contributed by atoms with Crippen molar-refractivity contribution in [3.8, 4) is 5.88 Å². The highest BCUT2D eigenvalue weighted by atomic mass is 79.9. The normalized spacial score (nSPS) is 19.0. The van der Waals surface area contributed by atoms with E-state index in [2.05, 4.69) is 20.9 Å². The molecule has 116 valence electrons. The van der Waals surface area contributed by atoms with E-state index in [1.165, 1.54) is 7.11 Å². The fourth-order valence-corrected chi connectivity index (χ4v) is 2.91. The molecule has 0 fully saturated rings. The molecular weight excluding hydrogens is 353 g/mol. The smallest absolute Gasteiger partial charge is 0.471 e. The number of carbonyl (C=O) groups excluding carboxylic acids is 1. The van der Waals surface area contributed by atoms with Crippen LogP contribution in [0, 0.1) is 0 Å². The number of rotatable bonds is 1. The quantitative estimate of drug-likeness (QED) is 0.767. The predicted octanol–water partition coefficient (Wildman–Crippen LogP) is 2.90. The van der Waals surface area contributed by atoms with Gasteiger partial charge in [0.15, 0.2) is 0 Å². The fraction of sp³-hybridized carbons (Fsp3) is 0.538. The Balaban J connectivity index is 2.31. The number of hydrogen-bond donors (Lipinski definition) is 0. The zero-order chi connectivity index (χ0) is 15.8. The molecule has 0 radical (unpaired) electrons. The van der Waals surface area contributed by atoms with E-state index in [0.29, 0.717) is 16.0 Å². The third-order valence-electron chi connectivity index (χ3n) is 3.42. The van der Waals surface area contributed by atoms with Gasteiger partial charge in [0.25, 0.3) is 0 Å². The first-order valence-electron chi connectivity index (χ1n) is 6.33. The van der Waals surface area contributed by atoms with E-state index in [0.717, 1.165) is 10.5 Å². The molecule has 0 bridgehead atoms. The summed E-state index contributed by atoms with van der Waals surface area (Å²) in [4.78, 5) is 16.6. The minimum Gasteiger partial charge on any atom is -0.480 e. The van der Waals surface area contributed by atoms with Crippen molar-refractivity contribution in [2.45, 2.75) is 25.4 Å². The van der Waals surface area contributed by atoms with E-state index in [9.17, 15) is 18.0 Å². The van der Waals surface area contributed by atoms with Gasteiger partial charge in [0.05, 0.1) is 11.6 Å². The van der Waals surface area contributed by atoms with Crippen LogP contribution < -0.4 is 4.74 Å². The molecule has 0 N–H and O–H groups in total. The number of nitrogens with zero attached hydrogens (tertiary/aromatic N) is 2. The summed E-state index contributed by atoms with van der Waals surface area (Å²) in [6, 6.07) is 1.80. The van der Waals surface area contributed by atoms with Crippen LogP contribution in [0.4, 0.5) is 13.2 Å². The summed E-state index contributed by atoms with van der Waals surface area (Å²) >= 11 is 3.32. The van der Waals surface area contributed by atoms with Gasteiger partial charge in [0.2, 0.25) is 5.88 Å². The summed E-state index contributed by atoms with van der Waals surface area (Å²) in [5, 5.41) is 0. The minimum atomic E-state index is -4.85. The van der Waals surface area contributed by atoms with Crippen molar-refractivity contribution in [1.29, 1.82) is 0 Å². The summed E-state index contributed by atoms with van der Waals surface area (Å²) in [7, 11) is 1.47. The molecule has 0 aromatic carbocycles. The van der Waals surface area contributed by atoms with Crippen molar-refractivity contribution < 1.29 is 22.7 Å². The second kappa shape index (κ2) is 5.82. The lowest BCUT2D eigenvalue weighted by Crippen LogP contribution is -2.42. The van der Waals surface area contributed by atoms with E-state index in [-0.39, 0.29) is 25.4 Å². The van der Waals surface area contributed by atoms with Gasteiger partial charge in [0.1, 0.15) is 0 Å². The molecule has 1 aliphatic rings. The van der Waals surface area contributed by atoms with E-state index in [1.807, 2.05) is 0 Å². The first kappa shape index (κ1) is 16.1. The summed E-state index contributed by atoms with van der Waals surface area (Å²) in [6.07, 6.45) is -4.58. The van der Waals surface area contributed by atoms with Gasteiger partial charge < -0.3 is 9.64 Å². The molecule has 8 heteroatoms. The van der Waals surface area contributed by atoms with Crippen molar-refractivity contribution in [3.63, 3.8) is 0 Å². The van der Waals surface area contributed by atoms with Crippen molar-refractivity contribution >= 4 is 21.8 Å². The van der Waals surface area contributed by atoms with Gasteiger partial charge in [-0.05, 0) is 27.6 Å². The van der Waals surface area contributed by atoms with Gasteiger partial charge in [0, 0.05) is 31.1 Å². The Bertz CT molecular complexity index is 563. The molecule has 4 nitrogen and oxygen atoms in total. The first-order chi connectivity index (χ1) is 9.74. The number of ether oxygens (including phenoxy) is 1. The van der Waals surface area contributed by atoms with Crippen molar-refractivity contribution in [1.82, 2.24) is 9.88 Å². The van der Waals surface area contributed by atoms with Crippen LogP contribution in [0.15, 0.2) is 10.5 Å². The highest BCUT2D eigenvalue weighted by Gasteiger charge is 2.43. The first-order valence-corrected chi connectivity index (χ1v) is 7.12. The summed E-state index contributed by atoms with van der Waals surface area (Å²) in [5.41, 5.74) is 1.50. The van der Waals surface area contributed by atoms with Crippen LogP contribution in [0.3, 0.4) is 0 Å². The average molecular weight is 367 g/mol. The monoisotopic (exact) mass is 366 g/mol. The number of aromatic nitrogens is 1. The Morgan fingerprint density at radius 1 is 1.52 bits per heavy atom. The fourth-order valence-electron chi connectivity index (χ4n) is 2.42. The standard InChI is InChI=1S/C13H14BrF3N2O2/c1-7-6-19(12(20)13(15,16)17)4-3-10-8(7)5-9(14)11(18-10)21-2/h5,7H,3-4,6H2,1-2H3. The number of methoxy groups -OCH3 is 1. The van der Waals surface area contributed by atoms with Crippen LogP contribution in [0.5, 0.6) is 5.88 Å². The maximum atomic E-state index is 12.6. The van der Waals surface area contributed by atoms with Gasteiger partial charge in [-0.25, -0.2) is 4.98 Å². The molecule has 2 rings (SSSR count). The van der Waals surface area contributed by atoms with E-state index in [4.69, 9.17) is 4.74 Å². The maximum absolute atomic E-state index is 12.6. The van der Waals surface area contributed by atoms with Crippen LogP contribution in [0.1, 0.15) is 24.1 Å². The van der Waals surface area contributed by atoms with E-state index < -0.39 is 12.1 Å². The molecule has 0 saturated carbocycles. The molecule has 1 aromatic heterocycles. The van der Waals surface area contributed by atoms with Gasteiger partial charge in [-0.3, -0.25) is 4.79 Å². The largest absolute Gasteiger partial charge is 0.480 e. The van der Waals surface area contributed by atoms with Crippen molar-refractivity contribution in [2.75, 3.05) is 20.2 Å². The number of carbonyl (C=O) groups is 1. The third-order valence-corrected chi connectivity index (χ3v) is 3.99. The SMILES string of the molecule is COc1nc2c(cc1Br)C(C)CN(C(=O)C(F)(F)F)CC2. The Morgan fingerprint density at radius 3 is 2.76 bits per heavy atom. The van der Waals surface area contributed by atoms with E-state index in [1.54, 1.807) is 13.0 Å². The third kappa shape index (κ3) is 3.30. The number of hydrogen-bond acceptors (Lipinski definition) is 3. The Kier molecular flexibility index (Phi) is 4.46. The summed E-state index contributed by atoms with van der Waals surface area (Å²) in [5.74, 6) is -1.65.